The van der Waals surface area contributed by atoms with Gasteiger partial charge in [-0.2, -0.15) is 0 Å². The highest BCUT2D eigenvalue weighted by atomic mass is 32.2. The lowest BCUT2D eigenvalue weighted by molar-refractivity contribution is -0.384. The number of non-ortho nitro benzene ring substituents is 1. The molecule has 2 aromatic carbocycles. The van der Waals surface area contributed by atoms with Crippen molar-refractivity contribution in [3.8, 4) is 0 Å². The van der Waals surface area contributed by atoms with Crippen LogP contribution in [0.2, 0.25) is 0 Å². The molecule has 0 aliphatic rings. The van der Waals surface area contributed by atoms with Gasteiger partial charge in [-0.25, -0.2) is 17.2 Å². The first-order valence-electron chi connectivity index (χ1n) is 6.51. The maximum absolute atomic E-state index is 13.6. The van der Waals surface area contributed by atoms with Gasteiger partial charge in [0.05, 0.1) is 10.6 Å². The molecule has 24 heavy (non-hydrogen) atoms. The zero-order valence-electron chi connectivity index (χ0n) is 11.8. The highest BCUT2D eigenvalue weighted by molar-refractivity contribution is 7.93. The minimum Gasteiger partial charge on any atom is -0.360 e. The van der Waals surface area contributed by atoms with Crippen LogP contribution in [0.25, 0.3) is 10.9 Å². The largest absolute Gasteiger partial charge is 0.360 e. The van der Waals surface area contributed by atoms with Crippen molar-refractivity contribution >= 4 is 32.3 Å². The van der Waals surface area contributed by atoms with Gasteiger partial charge in [0.2, 0.25) is 0 Å². The van der Waals surface area contributed by atoms with Crippen molar-refractivity contribution in [1.82, 2.24) is 4.98 Å². The molecule has 3 rings (SSSR count). The summed E-state index contributed by atoms with van der Waals surface area (Å²) in [6, 6.07) is 6.08. The zero-order chi connectivity index (χ0) is 17.5. The Morgan fingerprint density at radius 3 is 2.54 bits per heavy atom. The van der Waals surface area contributed by atoms with E-state index in [1.165, 1.54) is 12.1 Å². The second-order valence-corrected chi connectivity index (χ2v) is 6.52. The van der Waals surface area contributed by atoms with Crippen LogP contribution in [0.5, 0.6) is 0 Å². The van der Waals surface area contributed by atoms with Crippen molar-refractivity contribution in [3.63, 3.8) is 0 Å². The van der Waals surface area contributed by atoms with Crippen LogP contribution in [0.1, 0.15) is 0 Å². The third-order valence-electron chi connectivity index (χ3n) is 3.30. The number of benzene rings is 2. The van der Waals surface area contributed by atoms with Gasteiger partial charge in [0.25, 0.3) is 15.7 Å². The topological polar surface area (TPSA) is 105 Å². The number of hydrogen-bond donors (Lipinski definition) is 2. The van der Waals surface area contributed by atoms with Crippen LogP contribution in [-0.4, -0.2) is 18.3 Å². The van der Waals surface area contributed by atoms with E-state index in [1.807, 2.05) is 4.72 Å². The fourth-order valence-corrected chi connectivity index (χ4v) is 3.43. The van der Waals surface area contributed by atoms with Crippen LogP contribution in [0.4, 0.5) is 20.2 Å². The van der Waals surface area contributed by atoms with E-state index in [-0.39, 0.29) is 16.0 Å². The van der Waals surface area contributed by atoms with Gasteiger partial charge in [0.15, 0.2) is 0 Å². The van der Waals surface area contributed by atoms with Gasteiger partial charge in [-0.15, -0.1) is 0 Å². The summed E-state index contributed by atoms with van der Waals surface area (Å²) < 4.78 is 53.4. The number of nitrogens with one attached hydrogen (secondary N) is 2. The van der Waals surface area contributed by atoms with Crippen LogP contribution in [0.3, 0.4) is 0 Å². The van der Waals surface area contributed by atoms with Crippen LogP contribution in [0.15, 0.2) is 47.5 Å². The molecule has 0 aliphatic carbocycles. The van der Waals surface area contributed by atoms with Gasteiger partial charge in [-0.05, 0) is 18.2 Å². The summed E-state index contributed by atoms with van der Waals surface area (Å²) in [5, 5.41) is 10.9. The Labute approximate surface area is 134 Å². The zero-order valence-corrected chi connectivity index (χ0v) is 12.6. The number of H-pyrrole nitrogens is 1. The molecule has 0 radical (unpaired) electrons. The summed E-state index contributed by atoms with van der Waals surface area (Å²) in [5.74, 6) is -1.93. The van der Waals surface area contributed by atoms with Gasteiger partial charge in [0, 0.05) is 35.3 Å². The summed E-state index contributed by atoms with van der Waals surface area (Å²) in [5.41, 5.74) is -0.358. The van der Waals surface area contributed by atoms with Gasteiger partial charge < -0.3 is 4.98 Å². The van der Waals surface area contributed by atoms with Crippen LogP contribution in [-0.2, 0) is 10.0 Å². The highest BCUT2D eigenvalue weighted by Gasteiger charge is 2.22. The fraction of sp³-hybridized carbons (Fsp3) is 0. The third kappa shape index (κ3) is 2.78. The lowest BCUT2D eigenvalue weighted by Crippen LogP contribution is -2.13. The van der Waals surface area contributed by atoms with Crippen molar-refractivity contribution in [1.29, 1.82) is 0 Å². The standard InChI is InChI=1S/C14H9F2N3O4S/c15-8-1-3-13(11(16)5-8)18-24(22,23)14-7-17-12-4-2-9(19(20)21)6-10(12)14/h1-7,17-18H. The number of rotatable bonds is 4. The van der Waals surface area contributed by atoms with E-state index >= 15 is 0 Å². The first-order valence-corrected chi connectivity index (χ1v) is 7.99. The average molecular weight is 353 g/mol. The summed E-state index contributed by atoms with van der Waals surface area (Å²) in [4.78, 5) is 12.6. The molecule has 3 aromatic rings. The summed E-state index contributed by atoms with van der Waals surface area (Å²) >= 11 is 0. The summed E-state index contributed by atoms with van der Waals surface area (Å²) in [7, 11) is -4.24. The number of sulfonamides is 1. The van der Waals surface area contributed by atoms with Crippen molar-refractivity contribution in [2.75, 3.05) is 4.72 Å². The average Bonchev–Trinajstić information content (AvgIpc) is 2.94. The molecule has 0 unspecified atom stereocenters. The number of nitro groups is 1. The molecule has 0 saturated carbocycles. The summed E-state index contributed by atoms with van der Waals surface area (Å²) in [6.45, 7) is 0. The molecule has 0 amide bonds. The molecule has 0 bridgehead atoms. The Kier molecular flexibility index (Phi) is 3.68. The Morgan fingerprint density at radius 1 is 1.12 bits per heavy atom. The van der Waals surface area contributed by atoms with E-state index in [9.17, 15) is 27.3 Å². The van der Waals surface area contributed by atoms with E-state index in [0.717, 1.165) is 24.4 Å². The Morgan fingerprint density at radius 2 is 1.88 bits per heavy atom. The molecule has 1 aromatic heterocycles. The second kappa shape index (κ2) is 5.57. The SMILES string of the molecule is O=[N+]([O-])c1ccc2[nH]cc(S(=O)(=O)Nc3ccc(F)cc3F)c2c1. The normalized spacial score (nSPS) is 11.6. The molecule has 2 N–H and O–H groups in total. The van der Waals surface area contributed by atoms with Crippen molar-refractivity contribution in [2.45, 2.75) is 4.90 Å². The second-order valence-electron chi connectivity index (χ2n) is 4.87. The molecule has 10 heteroatoms. The van der Waals surface area contributed by atoms with Crippen LogP contribution >= 0.6 is 0 Å². The monoisotopic (exact) mass is 353 g/mol. The molecular weight excluding hydrogens is 344 g/mol. The molecule has 7 nitrogen and oxygen atoms in total. The number of aromatic amines is 1. The van der Waals surface area contributed by atoms with Crippen molar-refractivity contribution in [3.05, 3.63) is 64.3 Å². The minimum absolute atomic E-state index is 0.0826. The number of hydrogen-bond acceptors (Lipinski definition) is 4. The molecular formula is C14H9F2N3O4S. The minimum atomic E-state index is -4.24. The van der Waals surface area contributed by atoms with Gasteiger partial charge >= 0.3 is 0 Å². The molecule has 0 spiro atoms. The Bertz CT molecular complexity index is 1060. The Hall–Kier alpha value is -3.01. The molecule has 0 fully saturated rings. The number of nitrogens with zero attached hydrogens (tertiary/aromatic N) is 1. The van der Waals surface area contributed by atoms with E-state index in [0.29, 0.717) is 11.6 Å². The fourth-order valence-electron chi connectivity index (χ4n) is 2.19. The van der Waals surface area contributed by atoms with Crippen LogP contribution < -0.4 is 4.72 Å². The Balaban J connectivity index is 2.08. The number of halogens is 2. The number of fused-ring (bicyclic) bond motifs is 1. The lowest BCUT2D eigenvalue weighted by atomic mass is 10.2. The van der Waals surface area contributed by atoms with E-state index in [4.69, 9.17) is 0 Å². The van der Waals surface area contributed by atoms with Crippen molar-refractivity contribution < 1.29 is 22.1 Å². The van der Waals surface area contributed by atoms with E-state index in [1.54, 1.807) is 0 Å². The number of nitro benzene ring substituents is 1. The lowest BCUT2D eigenvalue weighted by Gasteiger charge is -2.08. The molecule has 0 saturated heterocycles. The molecule has 1 heterocycles. The maximum atomic E-state index is 13.6. The van der Waals surface area contributed by atoms with Gasteiger partial charge in [-0.3, -0.25) is 14.8 Å². The van der Waals surface area contributed by atoms with Gasteiger partial charge in [-0.1, -0.05) is 0 Å². The third-order valence-corrected chi connectivity index (χ3v) is 4.71. The quantitative estimate of drug-likeness (QED) is 0.555. The molecule has 0 atom stereocenters. The highest BCUT2D eigenvalue weighted by Crippen LogP contribution is 2.28. The first-order chi connectivity index (χ1) is 11.3. The van der Waals surface area contributed by atoms with E-state index in [2.05, 4.69) is 4.98 Å². The van der Waals surface area contributed by atoms with Crippen molar-refractivity contribution in [2.24, 2.45) is 0 Å². The van der Waals surface area contributed by atoms with Crippen LogP contribution in [0, 0.1) is 21.7 Å². The van der Waals surface area contributed by atoms with E-state index < -0.39 is 32.3 Å². The molecule has 124 valence electrons. The molecule has 0 aliphatic heterocycles. The number of anilines is 1. The summed E-state index contributed by atoms with van der Waals surface area (Å²) in [6.07, 6.45) is 1.14. The first kappa shape index (κ1) is 15.9. The predicted molar refractivity (Wildman–Crippen MR) is 82.1 cm³/mol. The number of aromatic nitrogens is 1. The maximum Gasteiger partial charge on any atom is 0.270 e. The van der Waals surface area contributed by atoms with Gasteiger partial charge in [0.1, 0.15) is 16.5 Å². The smallest absolute Gasteiger partial charge is 0.270 e. The predicted octanol–water partition coefficient (Wildman–Crippen LogP) is 3.16.